The molecule has 0 atom stereocenters. The molecule has 2 aromatic rings. The fraction of sp³-hybridized carbons (Fsp3) is 0.500. The van der Waals surface area contributed by atoms with E-state index in [-0.39, 0.29) is 18.4 Å². The number of hydrogen-bond donors (Lipinski definition) is 2. The van der Waals surface area contributed by atoms with E-state index in [0.717, 1.165) is 23.8 Å². The molecule has 8 nitrogen and oxygen atoms in total. The average Bonchev–Trinajstić information content (AvgIpc) is 3.39. The van der Waals surface area contributed by atoms with Crippen molar-refractivity contribution in [2.75, 3.05) is 24.7 Å². The summed E-state index contributed by atoms with van der Waals surface area (Å²) >= 11 is 1.64. The number of aromatic nitrogens is 3. The lowest BCUT2D eigenvalue weighted by Crippen LogP contribution is -2.27. The Balaban J connectivity index is 1.31. The minimum Gasteiger partial charge on any atom is -0.482 e. The van der Waals surface area contributed by atoms with Crippen molar-refractivity contribution in [3.8, 4) is 5.75 Å². The Kier molecular flexibility index (Phi) is 6.03. The van der Waals surface area contributed by atoms with Gasteiger partial charge in [-0.25, -0.2) is 0 Å². The zero-order valence-corrected chi connectivity index (χ0v) is 17.3. The third kappa shape index (κ3) is 4.39. The smallest absolute Gasteiger partial charge is 0.262 e. The Morgan fingerprint density at radius 1 is 1.34 bits per heavy atom. The van der Waals surface area contributed by atoms with Crippen molar-refractivity contribution in [1.29, 1.82) is 0 Å². The molecule has 4 rings (SSSR count). The van der Waals surface area contributed by atoms with Crippen molar-refractivity contribution in [3.63, 3.8) is 0 Å². The topological polar surface area (TPSA) is 98.1 Å². The van der Waals surface area contributed by atoms with E-state index >= 15 is 0 Å². The van der Waals surface area contributed by atoms with Gasteiger partial charge in [0.2, 0.25) is 0 Å². The van der Waals surface area contributed by atoms with Gasteiger partial charge in [-0.2, -0.15) is 0 Å². The third-order valence-corrected chi connectivity index (χ3v) is 5.99. The van der Waals surface area contributed by atoms with E-state index in [1.165, 1.54) is 25.7 Å². The molecule has 2 N–H and O–H groups in total. The molecule has 1 aromatic carbocycles. The summed E-state index contributed by atoms with van der Waals surface area (Å²) in [5, 5.41) is 15.4. The van der Waals surface area contributed by atoms with Crippen LogP contribution in [0.25, 0.3) is 0 Å². The van der Waals surface area contributed by atoms with Gasteiger partial charge >= 0.3 is 0 Å². The highest BCUT2D eigenvalue weighted by molar-refractivity contribution is 7.98. The number of hydrogen-bond acceptors (Lipinski definition) is 6. The molecule has 0 bridgehead atoms. The van der Waals surface area contributed by atoms with Crippen LogP contribution >= 0.6 is 11.8 Å². The highest BCUT2D eigenvalue weighted by Crippen LogP contribution is 2.33. The summed E-state index contributed by atoms with van der Waals surface area (Å²) < 4.78 is 7.67. The summed E-state index contributed by atoms with van der Waals surface area (Å²) in [4.78, 5) is 23.8. The summed E-state index contributed by atoms with van der Waals surface area (Å²) in [5.41, 5.74) is 1.10. The predicted octanol–water partition coefficient (Wildman–Crippen LogP) is 2.81. The molecular weight excluding hydrogens is 390 g/mol. The molecule has 2 heterocycles. The lowest BCUT2D eigenvalue weighted by Gasteiger charge is -2.18. The average molecular weight is 416 g/mol. The zero-order valence-electron chi connectivity index (χ0n) is 16.4. The van der Waals surface area contributed by atoms with Crippen LogP contribution in [0.4, 0.5) is 5.69 Å². The maximum atomic E-state index is 12.4. The van der Waals surface area contributed by atoms with Gasteiger partial charge in [0.25, 0.3) is 11.8 Å². The molecule has 0 unspecified atom stereocenters. The molecule has 2 amide bonds. The lowest BCUT2D eigenvalue weighted by atomic mass is 10.1. The molecule has 0 saturated heterocycles. The highest BCUT2D eigenvalue weighted by Gasteiger charge is 2.23. The molecule has 1 saturated carbocycles. The van der Waals surface area contributed by atoms with E-state index in [1.54, 1.807) is 30.0 Å². The van der Waals surface area contributed by atoms with E-state index in [0.29, 0.717) is 29.6 Å². The number of nitrogens with zero attached hydrogens (tertiary/aromatic N) is 3. The van der Waals surface area contributed by atoms with E-state index in [4.69, 9.17) is 4.74 Å². The van der Waals surface area contributed by atoms with Crippen molar-refractivity contribution >= 4 is 29.3 Å². The van der Waals surface area contributed by atoms with Crippen molar-refractivity contribution in [1.82, 2.24) is 20.1 Å². The summed E-state index contributed by atoms with van der Waals surface area (Å²) in [6.07, 6.45) is 8.52. The summed E-state index contributed by atoms with van der Waals surface area (Å²) in [5.74, 6) is 1.18. The predicted molar refractivity (Wildman–Crippen MR) is 111 cm³/mol. The number of aryl methyl sites for hydroxylation is 1. The molecule has 1 fully saturated rings. The standard InChI is InChI=1S/C20H25N5O3S/c1-29-20-24-23-17(25(20)14-5-2-3-6-14)7-4-10-21-19(27)13-8-9-15-16(11-13)28-12-18(26)22-15/h8-9,11,14H,2-7,10,12H2,1H3,(H,21,27)(H,22,26). The molecule has 154 valence electrons. The Bertz CT molecular complexity index is 908. The number of thioether (sulfide) groups is 1. The van der Waals surface area contributed by atoms with Gasteiger partial charge < -0.3 is 19.9 Å². The Morgan fingerprint density at radius 2 is 2.17 bits per heavy atom. The van der Waals surface area contributed by atoms with E-state index < -0.39 is 0 Å². The second-order valence-electron chi connectivity index (χ2n) is 7.32. The van der Waals surface area contributed by atoms with E-state index in [1.807, 2.05) is 6.26 Å². The minimum absolute atomic E-state index is 0.0300. The van der Waals surface area contributed by atoms with Crippen LogP contribution in [-0.2, 0) is 11.2 Å². The molecule has 2 aliphatic rings. The first-order valence-electron chi connectivity index (χ1n) is 9.98. The number of fused-ring (bicyclic) bond motifs is 1. The summed E-state index contributed by atoms with van der Waals surface area (Å²) in [6, 6.07) is 5.54. The van der Waals surface area contributed by atoms with Gasteiger partial charge in [-0.05, 0) is 43.7 Å². The number of nitrogens with one attached hydrogen (secondary N) is 2. The first-order valence-corrected chi connectivity index (χ1v) is 11.2. The van der Waals surface area contributed by atoms with Crippen molar-refractivity contribution in [3.05, 3.63) is 29.6 Å². The number of benzene rings is 1. The number of carbonyl (C=O) groups excluding carboxylic acids is 2. The fourth-order valence-corrected chi connectivity index (χ4v) is 4.49. The summed E-state index contributed by atoms with van der Waals surface area (Å²) in [6.45, 7) is 0.525. The van der Waals surface area contributed by atoms with E-state index in [2.05, 4.69) is 25.4 Å². The molecule has 1 aromatic heterocycles. The van der Waals surface area contributed by atoms with Crippen molar-refractivity contribution in [2.24, 2.45) is 0 Å². The van der Waals surface area contributed by atoms with Gasteiger partial charge in [0.15, 0.2) is 11.8 Å². The normalized spacial score (nSPS) is 16.2. The van der Waals surface area contributed by atoms with Gasteiger partial charge in [0, 0.05) is 24.6 Å². The van der Waals surface area contributed by atoms with Gasteiger partial charge in [-0.15, -0.1) is 10.2 Å². The maximum absolute atomic E-state index is 12.4. The quantitative estimate of drug-likeness (QED) is 0.533. The number of anilines is 1. The lowest BCUT2D eigenvalue weighted by molar-refractivity contribution is -0.118. The van der Waals surface area contributed by atoms with Crippen molar-refractivity contribution in [2.45, 2.75) is 49.7 Å². The maximum Gasteiger partial charge on any atom is 0.262 e. The minimum atomic E-state index is -0.190. The SMILES string of the molecule is CSc1nnc(CCCNC(=O)c2ccc3c(c2)OCC(=O)N3)n1C1CCCC1. The molecule has 0 radical (unpaired) electrons. The number of ether oxygens (including phenoxy) is 1. The first-order chi connectivity index (χ1) is 14.2. The fourth-order valence-electron chi connectivity index (χ4n) is 3.91. The number of carbonyl (C=O) groups is 2. The number of rotatable bonds is 7. The number of amides is 2. The second-order valence-corrected chi connectivity index (χ2v) is 8.09. The molecular formula is C20H25N5O3S. The molecule has 29 heavy (non-hydrogen) atoms. The second kappa shape index (κ2) is 8.86. The monoisotopic (exact) mass is 415 g/mol. The Labute approximate surface area is 173 Å². The van der Waals surface area contributed by atoms with Gasteiger partial charge in [-0.3, -0.25) is 9.59 Å². The van der Waals surface area contributed by atoms with Crippen LogP contribution in [0, 0.1) is 0 Å². The molecule has 1 aliphatic carbocycles. The highest BCUT2D eigenvalue weighted by atomic mass is 32.2. The van der Waals surface area contributed by atoms with Crippen LogP contribution < -0.4 is 15.4 Å². The molecule has 1 aliphatic heterocycles. The van der Waals surface area contributed by atoms with Crippen LogP contribution in [0.5, 0.6) is 5.75 Å². The third-order valence-electron chi connectivity index (χ3n) is 5.35. The van der Waals surface area contributed by atoms with Crippen molar-refractivity contribution < 1.29 is 14.3 Å². The Hall–Kier alpha value is -2.55. The largest absolute Gasteiger partial charge is 0.482 e. The molecule has 0 spiro atoms. The first kappa shape index (κ1) is 19.8. The van der Waals surface area contributed by atoms with Crippen LogP contribution in [0.1, 0.15) is 54.3 Å². The van der Waals surface area contributed by atoms with Crippen LogP contribution in [-0.4, -0.2) is 46.0 Å². The van der Waals surface area contributed by atoms with Gasteiger partial charge in [-0.1, -0.05) is 24.6 Å². The zero-order chi connectivity index (χ0) is 20.2. The van der Waals surface area contributed by atoms with Crippen LogP contribution in [0.15, 0.2) is 23.4 Å². The Morgan fingerprint density at radius 3 is 2.97 bits per heavy atom. The van der Waals surface area contributed by atoms with Crippen LogP contribution in [0.3, 0.4) is 0 Å². The van der Waals surface area contributed by atoms with Gasteiger partial charge in [0.05, 0.1) is 5.69 Å². The van der Waals surface area contributed by atoms with E-state index in [9.17, 15) is 9.59 Å². The van der Waals surface area contributed by atoms with Gasteiger partial charge in [0.1, 0.15) is 11.6 Å². The molecule has 9 heteroatoms. The van der Waals surface area contributed by atoms with Crippen LogP contribution in [0.2, 0.25) is 0 Å². The summed E-state index contributed by atoms with van der Waals surface area (Å²) in [7, 11) is 0.